The van der Waals surface area contributed by atoms with E-state index in [-0.39, 0.29) is 17.5 Å². The highest BCUT2D eigenvalue weighted by molar-refractivity contribution is 6.04. The van der Waals surface area contributed by atoms with Gasteiger partial charge in [0.2, 0.25) is 5.91 Å². The first kappa shape index (κ1) is 26.4. The average molecular weight is 519 g/mol. The van der Waals surface area contributed by atoms with E-state index in [0.29, 0.717) is 55.8 Å². The maximum absolute atomic E-state index is 13.1. The van der Waals surface area contributed by atoms with E-state index in [1.807, 2.05) is 4.90 Å². The first-order valence-corrected chi connectivity index (χ1v) is 11.9. The maximum Gasteiger partial charge on any atom is 0.433 e. The standard InChI is InChI=1S/C25H29F3N6O3/c1-24(2,37)9-6-16-13-34-14-18(32-23(36)17-4-3-5-20(31-17)25(26,27)28)19(12-21(34)30-16)33-10-7-15(8-11-33)22(29)35/h3-5,12-15,37H,6-11H2,1-2H3,(H2,29,35)(H,32,36). The Kier molecular flexibility index (Phi) is 7.13. The minimum Gasteiger partial charge on any atom is -0.390 e. The van der Waals surface area contributed by atoms with Gasteiger partial charge in [-0.05, 0) is 51.7 Å². The number of alkyl halides is 3. The molecule has 0 unspecified atom stereocenters. The number of rotatable bonds is 7. The van der Waals surface area contributed by atoms with Crippen LogP contribution >= 0.6 is 0 Å². The summed E-state index contributed by atoms with van der Waals surface area (Å²) in [4.78, 5) is 34.7. The first-order chi connectivity index (χ1) is 17.3. The molecule has 3 aromatic rings. The number of aromatic nitrogens is 3. The van der Waals surface area contributed by atoms with Gasteiger partial charge in [-0.2, -0.15) is 13.2 Å². The highest BCUT2D eigenvalue weighted by Crippen LogP contribution is 2.32. The molecule has 0 atom stereocenters. The number of amides is 2. The second-order valence-corrected chi connectivity index (χ2v) is 9.91. The van der Waals surface area contributed by atoms with Gasteiger partial charge in [-0.3, -0.25) is 9.59 Å². The number of piperidine rings is 1. The van der Waals surface area contributed by atoms with Crippen molar-refractivity contribution >= 4 is 28.8 Å². The molecule has 1 fully saturated rings. The van der Waals surface area contributed by atoms with E-state index >= 15 is 0 Å². The van der Waals surface area contributed by atoms with E-state index in [0.717, 1.165) is 17.8 Å². The molecule has 198 valence electrons. The molecule has 4 heterocycles. The highest BCUT2D eigenvalue weighted by atomic mass is 19.4. The molecule has 12 heteroatoms. The molecule has 4 N–H and O–H groups in total. The Morgan fingerprint density at radius 2 is 1.86 bits per heavy atom. The number of primary amides is 1. The predicted molar refractivity (Wildman–Crippen MR) is 131 cm³/mol. The van der Waals surface area contributed by atoms with Gasteiger partial charge in [0, 0.05) is 37.5 Å². The Hall–Kier alpha value is -3.67. The summed E-state index contributed by atoms with van der Waals surface area (Å²) in [5.41, 5.74) is 5.40. The number of hydrogen-bond donors (Lipinski definition) is 3. The molecule has 0 radical (unpaired) electrons. The van der Waals surface area contributed by atoms with Crippen LogP contribution in [0.3, 0.4) is 0 Å². The number of aryl methyl sites for hydroxylation is 1. The summed E-state index contributed by atoms with van der Waals surface area (Å²) in [5.74, 6) is -1.39. The van der Waals surface area contributed by atoms with Crippen molar-refractivity contribution in [1.82, 2.24) is 14.4 Å². The van der Waals surface area contributed by atoms with E-state index in [1.165, 1.54) is 6.07 Å². The lowest BCUT2D eigenvalue weighted by atomic mass is 9.96. The molecule has 1 saturated heterocycles. The topological polar surface area (TPSA) is 126 Å². The smallest absolute Gasteiger partial charge is 0.390 e. The number of anilines is 2. The van der Waals surface area contributed by atoms with E-state index < -0.39 is 23.4 Å². The number of nitrogens with zero attached hydrogens (tertiary/aromatic N) is 4. The van der Waals surface area contributed by atoms with Gasteiger partial charge < -0.3 is 25.5 Å². The number of hydrogen-bond acceptors (Lipinski definition) is 6. The largest absolute Gasteiger partial charge is 0.433 e. The monoisotopic (exact) mass is 518 g/mol. The van der Waals surface area contributed by atoms with E-state index in [2.05, 4.69) is 15.3 Å². The summed E-state index contributed by atoms with van der Waals surface area (Å²) in [6.45, 7) is 4.43. The minimum absolute atomic E-state index is 0.243. The lowest BCUT2D eigenvalue weighted by Gasteiger charge is -2.33. The van der Waals surface area contributed by atoms with Gasteiger partial charge in [0.25, 0.3) is 5.91 Å². The fourth-order valence-electron chi connectivity index (χ4n) is 4.30. The number of carbonyl (C=O) groups is 2. The van der Waals surface area contributed by atoms with Gasteiger partial charge in [-0.25, -0.2) is 9.97 Å². The van der Waals surface area contributed by atoms with Crippen LogP contribution in [0.5, 0.6) is 0 Å². The van der Waals surface area contributed by atoms with Gasteiger partial charge >= 0.3 is 6.18 Å². The van der Waals surface area contributed by atoms with Crippen LogP contribution in [-0.4, -0.2) is 50.0 Å². The zero-order valence-electron chi connectivity index (χ0n) is 20.5. The maximum atomic E-state index is 13.1. The molecule has 9 nitrogen and oxygen atoms in total. The van der Waals surface area contributed by atoms with Crippen LogP contribution in [0.1, 0.15) is 55.0 Å². The highest BCUT2D eigenvalue weighted by Gasteiger charge is 2.33. The Bertz CT molecular complexity index is 1310. The van der Waals surface area contributed by atoms with Crippen molar-refractivity contribution in [3.8, 4) is 0 Å². The van der Waals surface area contributed by atoms with Crippen molar-refractivity contribution < 1.29 is 27.9 Å². The fourth-order valence-corrected chi connectivity index (χ4v) is 4.30. The number of halogens is 3. The average Bonchev–Trinajstić information content (AvgIpc) is 3.23. The molecule has 0 aromatic carbocycles. The molecule has 0 spiro atoms. The van der Waals surface area contributed by atoms with Crippen molar-refractivity contribution in [3.63, 3.8) is 0 Å². The number of pyridine rings is 2. The number of nitrogens with one attached hydrogen (secondary N) is 1. The zero-order chi connectivity index (χ0) is 27.0. The van der Waals surface area contributed by atoms with Gasteiger partial charge in [-0.1, -0.05) is 6.07 Å². The minimum atomic E-state index is -4.68. The number of aliphatic hydroxyl groups is 1. The van der Waals surface area contributed by atoms with Crippen LogP contribution in [-0.2, 0) is 17.4 Å². The number of carbonyl (C=O) groups excluding carboxylic acids is 2. The Morgan fingerprint density at radius 1 is 1.16 bits per heavy atom. The van der Waals surface area contributed by atoms with Crippen molar-refractivity contribution in [3.05, 3.63) is 53.7 Å². The third-order valence-electron chi connectivity index (χ3n) is 6.37. The Balaban J connectivity index is 1.67. The summed E-state index contributed by atoms with van der Waals surface area (Å²) in [7, 11) is 0. The number of nitrogens with two attached hydrogens (primary N) is 1. The lowest BCUT2D eigenvalue weighted by molar-refractivity contribution is -0.141. The van der Waals surface area contributed by atoms with Crippen LogP contribution in [0, 0.1) is 5.92 Å². The molecular formula is C25H29F3N6O3. The number of fused-ring (bicyclic) bond motifs is 1. The molecule has 2 amide bonds. The summed E-state index contributed by atoms with van der Waals surface area (Å²) in [6, 6.07) is 4.94. The molecule has 0 saturated carbocycles. The Labute approximate surface area is 211 Å². The lowest BCUT2D eigenvalue weighted by Crippen LogP contribution is -2.39. The molecule has 37 heavy (non-hydrogen) atoms. The first-order valence-electron chi connectivity index (χ1n) is 11.9. The SMILES string of the molecule is CC(C)(O)CCc1cn2cc(NC(=O)c3cccc(C(F)(F)F)n3)c(N3CCC(C(N)=O)CC3)cc2n1. The third kappa shape index (κ3) is 6.37. The summed E-state index contributed by atoms with van der Waals surface area (Å²) in [5, 5.41) is 12.8. The summed E-state index contributed by atoms with van der Waals surface area (Å²) >= 11 is 0. The van der Waals surface area contributed by atoms with Gasteiger partial charge in [-0.15, -0.1) is 0 Å². The second kappa shape index (κ2) is 10.0. The zero-order valence-corrected chi connectivity index (χ0v) is 20.5. The molecule has 3 aromatic heterocycles. The van der Waals surface area contributed by atoms with Crippen LogP contribution in [0.4, 0.5) is 24.5 Å². The van der Waals surface area contributed by atoms with Crippen molar-refractivity contribution in [2.45, 2.75) is 51.3 Å². The van der Waals surface area contributed by atoms with Crippen molar-refractivity contribution in [2.24, 2.45) is 11.7 Å². The van der Waals surface area contributed by atoms with Crippen LogP contribution in [0.2, 0.25) is 0 Å². The third-order valence-corrected chi connectivity index (χ3v) is 6.37. The summed E-state index contributed by atoms with van der Waals surface area (Å²) < 4.78 is 41.0. The molecule has 0 aliphatic carbocycles. The van der Waals surface area contributed by atoms with Crippen LogP contribution in [0.25, 0.3) is 5.65 Å². The van der Waals surface area contributed by atoms with Gasteiger partial charge in [0.15, 0.2) is 0 Å². The van der Waals surface area contributed by atoms with Crippen molar-refractivity contribution in [1.29, 1.82) is 0 Å². The van der Waals surface area contributed by atoms with Gasteiger partial charge in [0.05, 0.1) is 22.7 Å². The van der Waals surface area contributed by atoms with Crippen molar-refractivity contribution in [2.75, 3.05) is 23.3 Å². The predicted octanol–water partition coefficient (Wildman–Crippen LogP) is 3.41. The van der Waals surface area contributed by atoms with Crippen LogP contribution < -0.4 is 16.0 Å². The summed E-state index contributed by atoms with van der Waals surface area (Å²) in [6.07, 6.45) is 0.846. The van der Waals surface area contributed by atoms with Gasteiger partial charge in [0.1, 0.15) is 17.0 Å². The fraction of sp³-hybridized carbons (Fsp3) is 0.440. The second-order valence-electron chi connectivity index (χ2n) is 9.91. The van der Waals surface area contributed by atoms with E-state index in [4.69, 9.17) is 5.73 Å². The number of imidazole rings is 1. The molecule has 1 aliphatic heterocycles. The van der Waals surface area contributed by atoms with Crippen LogP contribution in [0.15, 0.2) is 36.7 Å². The molecular weight excluding hydrogens is 489 g/mol. The quantitative estimate of drug-likeness (QED) is 0.440. The molecule has 4 rings (SSSR count). The van der Waals surface area contributed by atoms with E-state index in [1.54, 1.807) is 36.7 Å². The molecule has 0 bridgehead atoms. The van der Waals surface area contributed by atoms with E-state index in [9.17, 15) is 27.9 Å². The Morgan fingerprint density at radius 3 is 2.49 bits per heavy atom. The normalized spacial score (nSPS) is 15.2. The molecule has 1 aliphatic rings.